The first-order valence-corrected chi connectivity index (χ1v) is 12.0. The lowest BCUT2D eigenvalue weighted by Crippen LogP contribution is -2.48. The molecule has 2 aromatic carbocycles. The Kier molecular flexibility index (Phi) is 7.00. The minimum Gasteiger partial charge on any atom is -0.454 e. The molecule has 3 aromatic rings. The van der Waals surface area contributed by atoms with E-state index in [9.17, 15) is 27.6 Å². The second-order valence-electron chi connectivity index (χ2n) is 10.1. The van der Waals surface area contributed by atoms with Crippen LogP contribution in [-0.2, 0) is 20.4 Å². The first-order chi connectivity index (χ1) is 17.7. The Morgan fingerprint density at radius 2 is 1.82 bits per heavy atom. The molecule has 1 aliphatic heterocycles. The molecule has 1 amide bonds. The fourth-order valence-corrected chi connectivity index (χ4v) is 4.23. The maximum atomic E-state index is 13.5. The number of esters is 1. The number of nitrogens with two attached hydrogens (primary N) is 1. The van der Waals surface area contributed by atoms with Gasteiger partial charge in [0.2, 0.25) is 0 Å². The molecular weight excluding hydrogens is 503 g/mol. The number of nitrogens with zero attached hydrogens (tertiary/aromatic N) is 1. The van der Waals surface area contributed by atoms with Gasteiger partial charge in [-0.25, -0.2) is 4.79 Å². The SMILES string of the molecule is CC(C)[C@H](N)C(=O)OC(C)(C)[C@@H]1CN(c2ccc3cc(-c4ccccc4C(F)(F)F)[nH]c(=O)c3c2)C(=O)O1. The molecule has 38 heavy (non-hydrogen) atoms. The molecular formula is C27H28F3N3O5. The van der Waals surface area contributed by atoms with Crippen LogP contribution in [0, 0.1) is 5.92 Å². The van der Waals surface area contributed by atoms with Gasteiger partial charge in [0, 0.05) is 22.3 Å². The van der Waals surface area contributed by atoms with Crippen molar-refractivity contribution in [1.82, 2.24) is 4.98 Å². The van der Waals surface area contributed by atoms with Gasteiger partial charge < -0.3 is 20.2 Å². The Hall–Kier alpha value is -3.86. The van der Waals surface area contributed by atoms with E-state index in [2.05, 4.69) is 4.98 Å². The summed E-state index contributed by atoms with van der Waals surface area (Å²) in [4.78, 5) is 41.8. The smallest absolute Gasteiger partial charge is 0.417 e. The van der Waals surface area contributed by atoms with Gasteiger partial charge in [-0.2, -0.15) is 13.2 Å². The number of fused-ring (bicyclic) bond motifs is 1. The van der Waals surface area contributed by atoms with Crippen molar-refractivity contribution in [2.45, 2.75) is 51.6 Å². The predicted molar refractivity (Wildman–Crippen MR) is 136 cm³/mol. The highest BCUT2D eigenvalue weighted by molar-refractivity contribution is 5.95. The van der Waals surface area contributed by atoms with Gasteiger partial charge in [0.1, 0.15) is 11.6 Å². The number of carbonyl (C=O) groups is 2. The van der Waals surface area contributed by atoms with Crippen molar-refractivity contribution < 1.29 is 32.2 Å². The Bertz CT molecular complexity index is 1450. The summed E-state index contributed by atoms with van der Waals surface area (Å²) in [5.74, 6) is -0.751. The highest BCUT2D eigenvalue weighted by Crippen LogP contribution is 2.37. The number of nitrogens with one attached hydrogen (secondary N) is 1. The van der Waals surface area contributed by atoms with Crippen LogP contribution in [0.1, 0.15) is 33.3 Å². The predicted octanol–water partition coefficient (Wildman–Crippen LogP) is 4.84. The third kappa shape index (κ3) is 5.24. The monoisotopic (exact) mass is 531 g/mol. The van der Waals surface area contributed by atoms with E-state index in [0.717, 1.165) is 6.07 Å². The number of pyridine rings is 1. The van der Waals surface area contributed by atoms with E-state index in [4.69, 9.17) is 15.2 Å². The van der Waals surface area contributed by atoms with Crippen LogP contribution in [0.5, 0.6) is 0 Å². The summed E-state index contributed by atoms with van der Waals surface area (Å²) in [6.45, 7) is 6.84. The molecule has 0 aliphatic carbocycles. The summed E-state index contributed by atoms with van der Waals surface area (Å²) < 4.78 is 51.5. The molecule has 11 heteroatoms. The molecule has 1 aromatic heterocycles. The lowest BCUT2D eigenvalue weighted by molar-refractivity contribution is -0.167. The normalized spacial score (nSPS) is 17.1. The Labute approximate surface area is 216 Å². The number of halogens is 3. The highest BCUT2D eigenvalue weighted by atomic mass is 19.4. The number of rotatable bonds is 6. The molecule has 1 saturated heterocycles. The average molecular weight is 532 g/mol. The first kappa shape index (κ1) is 27.2. The van der Waals surface area contributed by atoms with Crippen LogP contribution in [0.25, 0.3) is 22.0 Å². The maximum absolute atomic E-state index is 13.5. The van der Waals surface area contributed by atoms with Crippen LogP contribution >= 0.6 is 0 Å². The van der Waals surface area contributed by atoms with Crippen LogP contribution in [0.15, 0.2) is 53.3 Å². The van der Waals surface area contributed by atoms with Crippen LogP contribution < -0.4 is 16.2 Å². The zero-order chi connectivity index (χ0) is 28.0. The number of carbonyl (C=O) groups excluding carboxylic acids is 2. The molecule has 202 valence electrons. The first-order valence-electron chi connectivity index (χ1n) is 12.0. The summed E-state index contributed by atoms with van der Waals surface area (Å²) in [7, 11) is 0. The molecule has 0 spiro atoms. The molecule has 0 radical (unpaired) electrons. The highest BCUT2D eigenvalue weighted by Gasteiger charge is 2.45. The molecule has 3 N–H and O–H groups in total. The van der Waals surface area contributed by atoms with Gasteiger partial charge in [0.25, 0.3) is 5.56 Å². The van der Waals surface area contributed by atoms with Gasteiger partial charge in [0.05, 0.1) is 12.1 Å². The van der Waals surface area contributed by atoms with Crippen LogP contribution in [0.2, 0.25) is 0 Å². The molecule has 0 unspecified atom stereocenters. The van der Waals surface area contributed by atoms with Crippen LogP contribution in [0.4, 0.5) is 23.7 Å². The van der Waals surface area contributed by atoms with Crippen molar-refractivity contribution in [1.29, 1.82) is 0 Å². The Balaban J connectivity index is 1.62. The summed E-state index contributed by atoms with van der Waals surface area (Å²) in [5, 5.41) is 0.575. The van der Waals surface area contributed by atoms with Crippen molar-refractivity contribution in [2.75, 3.05) is 11.4 Å². The third-order valence-electron chi connectivity index (χ3n) is 6.61. The fraction of sp³-hybridized carbons (Fsp3) is 0.370. The van der Waals surface area contributed by atoms with Crippen molar-refractivity contribution in [3.63, 3.8) is 0 Å². The van der Waals surface area contributed by atoms with E-state index in [-0.39, 0.29) is 29.1 Å². The number of H-pyrrole nitrogens is 1. The van der Waals surface area contributed by atoms with Crippen LogP contribution in [-0.4, -0.2) is 41.3 Å². The van der Waals surface area contributed by atoms with Gasteiger partial charge in [-0.05, 0) is 49.4 Å². The van der Waals surface area contributed by atoms with E-state index in [0.29, 0.717) is 11.1 Å². The number of cyclic esters (lactones) is 1. The fourth-order valence-electron chi connectivity index (χ4n) is 4.23. The number of hydrogen-bond acceptors (Lipinski definition) is 6. The number of aromatic nitrogens is 1. The summed E-state index contributed by atoms with van der Waals surface area (Å²) >= 11 is 0. The number of amides is 1. The van der Waals surface area contributed by atoms with Gasteiger partial charge in [-0.1, -0.05) is 38.1 Å². The molecule has 2 atom stereocenters. The Morgan fingerprint density at radius 1 is 1.13 bits per heavy atom. The standard InChI is InChI=1S/C27H28F3N3O5/c1-14(2)22(31)24(35)38-26(3,4)21-13-33(25(36)37-21)16-10-9-15-11-20(32-23(34)18(15)12-16)17-7-5-6-8-19(17)27(28,29)30/h5-12,14,21-22H,13,31H2,1-4H3,(H,32,34)/t21-,22-/m0/s1. The minimum atomic E-state index is -4.60. The number of anilines is 1. The van der Waals surface area contributed by atoms with Crippen molar-refractivity contribution in [3.8, 4) is 11.3 Å². The molecule has 4 rings (SSSR count). The lowest BCUT2D eigenvalue weighted by atomic mass is 10.00. The van der Waals surface area contributed by atoms with E-state index in [1.165, 1.54) is 35.2 Å². The zero-order valence-electron chi connectivity index (χ0n) is 21.3. The molecule has 0 bridgehead atoms. The molecule has 0 saturated carbocycles. The van der Waals surface area contributed by atoms with E-state index in [1.807, 2.05) is 0 Å². The molecule has 2 heterocycles. The quantitative estimate of drug-likeness (QED) is 0.440. The zero-order valence-corrected chi connectivity index (χ0v) is 21.3. The van der Waals surface area contributed by atoms with Gasteiger partial charge >= 0.3 is 18.2 Å². The van der Waals surface area contributed by atoms with Crippen LogP contribution in [0.3, 0.4) is 0 Å². The topological polar surface area (TPSA) is 115 Å². The third-order valence-corrected chi connectivity index (χ3v) is 6.61. The Morgan fingerprint density at radius 3 is 2.47 bits per heavy atom. The second-order valence-corrected chi connectivity index (χ2v) is 10.1. The minimum absolute atomic E-state index is 0.0204. The maximum Gasteiger partial charge on any atom is 0.417 e. The summed E-state index contributed by atoms with van der Waals surface area (Å²) in [5.41, 5.74) is 3.44. The number of hydrogen-bond donors (Lipinski definition) is 2. The second kappa shape index (κ2) is 9.79. The van der Waals surface area contributed by atoms with E-state index >= 15 is 0 Å². The number of benzene rings is 2. The largest absolute Gasteiger partial charge is 0.454 e. The van der Waals surface area contributed by atoms with Crippen molar-refractivity contribution in [2.24, 2.45) is 11.7 Å². The number of alkyl halides is 3. The van der Waals surface area contributed by atoms with Crippen molar-refractivity contribution in [3.05, 3.63) is 64.4 Å². The van der Waals surface area contributed by atoms with Gasteiger partial charge in [-0.3, -0.25) is 14.5 Å². The number of aromatic amines is 1. The van der Waals surface area contributed by atoms with Crippen molar-refractivity contribution >= 4 is 28.5 Å². The molecule has 1 fully saturated rings. The lowest BCUT2D eigenvalue weighted by Gasteiger charge is -2.31. The van der Waals surface area contributed by atoms with E-state index in [1.54, 1.807) is 39.8 Å². The number of ether oxygens (including phenoxy) is 2. The van der Waals surface area contributed by atoms with Gasteiger partial charge in [-0.15, -0.1) is 0 Å². The summed E-state index contributed by atoms with van der Waals surface area (Å²) in [6, 6.07) is 10.2. The average Bonchev–Trinajstić information content (AvgIpc) is 3.25. The van der Waals surface area contributed by atoms with E-state index < -0.39 is 47.1 Å². The molecule has 8 nitrogen and oxygen atoms in total. The summed E-state index contributed by atoms with van der Waals surface area (Å²) in [6.07, 6.45) is -6.10. The van der Waals surface area contributed by atoms with Gasteiger partial charge in [0.15, 0.2) is 6.10 Å². The molecule has 1 aliphatic rings.